The second-order valence-electron chi connectivity index (χ2n) is 7.04. The smallest absolute Gasteiger partial charge is 0.122 e. The lowest BCUT2D eigenvalue weighted by Gasteiger charge is -2.28. The highest BCUT2D eigenvalue weighted by Gasteiger charge is 2.19. The molecule has 0 saturated heterocycles. The second kappa shape index (κ2) is 8.88. The van der Waals surface area contributed by atoms with Crippen molar-refractivity contribution in [3.63, 3.8) is 0 Å². The third-order valence-electron chi connectivity index (χ3n) is 4.49. The SMILES string of the molecule is COc1ccccc1CCCC(C)(C)NCC(O)c1ccc(O)cc1. The van der Waals surface area contributed by atoms with Crippen LogP contribution in [0.1, 0.15) is 43.9 Å². The number of para-hydroxylation sites is 1. The molecule has 25 heavy (non-hydrogen) atoms. The van der Waals surface area contributed by atoms with E-state index in [-0.39, 0.29) is 11.3 Å². The molecule has 2 rings (SSSR count). The molecule has 0 aliphatic rings. The molecule has 0 spiro atoms. The fourth-order valence-corrected chi connectivity index (χ4v) is 2.91. The summed E-state index contributed by atoms with van der Waals surface area (Å²) in [6.07, 6.45) is 2.41. The Morgan fingerprint density at radius 1 is 1.08 bits per heavy atom. The zero-order valence-electron chi connectivity index (χ0n) is 15.3. The molecular weight excluding hydrogens is 314 g/mol. The molecule has 2 aromatic carbocycles. The Bertz CT molecular complexity index is 652. The van der Waals surface area contributed by atoms with Crippen LogP contribution < -0.4 is 10.1 Å². The van der Waals surface area contributed by atoms with Crippen molar-refractivity contribution in [3.8, 4) is 11.5 Å². The minimum absolute atomic E-state index is 0.0695. The van der Waals surface area contributed by atoms with E-state index in [1.807, 2.05) is 18.2 Å². The van der Waals surface area contributed by atoms with E-state index in [1.54, 1.807) is 31.4 Å². The first kappa shape index (κ1) is 19.3. The van der Waals surface area contributed by atoms with Gasteiger partial charge < -0.3 is 20.3 Å². The molecule has 3 N–H and O–H groups in total. The summed E-state index contributed by atoms with van der Waals surface area (Å²) < 4.78 is 5.40. The number of hydrogen-bond donors (Lipinski definition) is 3. The average Bonchev–Trinajstić information content (AvgIpc) is 2.60. The van der Waals surface area contributed by atoms with Gasteiger partial charge in [-0.1, -0.05) is 30.3 Å². The molecule has 0 amide bonds. The first-order valence-corrected chi connectivity index (χ1v) is 8.75. The summed E-state index contributed by atoms with van der Waals surface area (Å²) in [6.45, 7) is 4.78. The summed E-state index contributed by atoms with van der Waals surface area (Å²) in [6, 6.07) is 14.8. The number of β-amino-alcohol motifs (C(OH)–C–C–N with tert-alkyl or cyclic N) is 1. The van der Waals surface area contributed by atoms with Crippen molar-refractivity contribution in [2.45, 2.75) is 44.8 Å². The topological polar surface area (TPSA) is 61.7 Å². The molecule has 4 heteroatoms. The van der Waals surface area contributed by atoms with Gasteiger partial charge in [0, 0.05) is 12.1 Å². The van der Waals surface area contributed by atoms with Crippen molar-refractivity contribution in [1.82, 2.24) is 5.32 Å². The van der Waals surface area contributed by atoms with E-state index in [2.05, 4.69) is 25.2 Å². The molecular formula is C21H29NO3. The number of ether oxygens (including phenoxy) is 1. The van der Waals surface area contributed by atoms with Gasteiger partial charge in [-0.05, 0) is 62.4 Å². The number of phenolic OH excluding ortho intramolecular Hbond substituents is 1. The molecule has 4 nitrogen and oxygen atoms in total. The number of phenols is 1. The van der Waals surface area contributed by atoms with Crippen LogP contribution in [0.25, 0.3) is 0 Å². The van der Waals surface area contributed by atoms with Crippen LogP contribution in [0.3, 0.4) is 0 Å². The van der Waals surface area contributed by atoms with E-state index in [0.29, 0.717) is 6.54 Å². The predicted molar refractivity (Wildman–Crippen MR) is 101 cm³/mol. The number of aliphatic hydroxyl groups excluding tert-OH is 1. The van der Waals surface area contributed by atoms with E-state index >= 15 is 0 Å². The Kier molecular flexibility index (Phi) is 6.85. The number of nitrogens with one attached hydrogen (secondary N) is 1. The van der Waals surface area contributed by atoms with Crippen molar-refractivity contribution in [3.05, 3.63) is 59.7 Å². The number of hydrogen-bond acceptors (Lipinski definition) is 4. The fraction of sp³-hybridized carbons (Fsp3) is 0.429. The lowest BCUT2D eigenvalue weighted by molar-refractivity contribution is 0.158. The molecule has 1 unspecified atom stereocenters. The lowest BCUT2D eigenvalue weighted by atomic mass is 9.94. The molecule has 0 bridgehead atoms. The summed E-state index contributed by atoms with van der Waals surface area (Å²) >= 11 is 0. The highest BCUT2D eigenvalue weighted by molar-refractivity contribution is 5.33. The van der Waals surface area contributed by atoms with Gasteiger partial charge in [-0.2, -0.15) is 0 Å². The number of benzene rings is 2. The van der Waals surface area contributed by atoms with Gasteiger partial charge in [0.15, 0.2) is 0 Å². The molecule has 0 aliphatic heterocycles. The first-order chi connectivity index (χ1) is 11.9. The summed E-state index contributed by atoms with van der Waals surface area (Å²) in [7, 11) is 1.70. The number of aliphatic hydroxyl groups is 1. The number of methoxy groups -OCH3 is 1. The lowest BCUT2D eigenvalue weighted by Crippen LogP contribution is -2.41. The summed E-state index contributed by atoms with van der Waals surface area (Å²) in [5.74, 6) is 1.15. The maximum atomic E-state index is 10.3. The maximum Gasteiger partial charge on any atom is 0.122 e. The van der Waals surface area contributed by atoms with Crippen LogP contribution in [0.2, 0.25) is 0 Å². The van der Waals surface area contributed by atoms with E-state index in [9.17, 15) is 10.2 Å². The van der Waals surface area contributed by atoms with E-state index in [4.69, 9.17) is 4.74 Å². The van der Waals surface area contributed by atoms with E-state index in [0.717, 1.165) is 30.6 Å². The van der Waals surface area contributed by atoms with Gasteiger partial charge in [-0.3, -0.25) is 0 Å². The van der Waals surface area contributed by atoms with Crippen molar-refractivity contribution in [1.29, 1.82) is 0 Å². The average molecular weight is 343 g/mol. The molecule has 0 saturated carbocycles. The molecule has 1 atom stereocenters. The van der Waals surface area contributed by atoms with E-state index < -0.39 is 6.10 Å². The van der Waals surface area contributed by atoms with Crippen molar-refractivity contribution in [2.75, 3.05) is 13.7 Å². The number of aromatic hydroxyl groups is 1. The van der Waals surface area contributed by atoms with E-state index in [1.165, 1.54) is 5.56 Å². The van der Waals surface area contributed by atoms with Crippen LogP contribution in [-0.4, -0.2) is 29.4 Å². The molecule has 136 valence electrons. The van der Waals surface area contributed by atoms with Crippen LogP contribution in [0.5, 0.6) is 11.5 Å². The molecule has 0 aliphatic carbocycles. The Balaban J connectivity index is 1.80. The third kappa shape index (κ3) is 6.07. The highest BCUT2D eigenvalue weighted by atomic mass is 16.5. The summed E-state index contributed by atoms with van der Waals surface area (Å²) in [5, 5.41) is 23.0. The van der Waals surface area contributed by atoms with Gasteiger partial charge in [0.2, 0.25) is 0 Å². The van der Waals surface area contributed by atoms with Crippen LogP contribution in [0, 0.1) is 0 Å². The van der Waals surface area contributed by atoms with Crippen molar-refractivity contribution >= 4 is 0 Å². The highest BCUT2D eigenvalue weighted by Crippen LogP contribution is 2.22. The van der Waals surface area contributed by atoms with Gasteiger partial charge in [-0.15, -0.1) is 0 Å². The molecule has 0 radical (unpaired) electrons. The van der Waals surface area contributed by atoms with Crippen molar-refractivity contribution in [2.24, 2.45) is 0 Å². The Hall–Kier alpha value is -2.04. The molecule has 0 aromatic heterocycles. The fourth-order valence-electron chi connectivity index (χ4n) is 2.91. The number of rotatable bonds is 9. The van der Waals surface area contributed by atoms with Crippen molar-refractivity contribution < 1.29 is 14.9 Å². The van der Waals surface area contributed by atoms with Gasteiger partial charge in [0.05, 0.1) is 13.2 Å². The Labute approximate surface area is 150 Å². The minimum atomic E-state index is -0.589. The van der Waals surface area contributed by atoms with Crippen LogP contribution in [0.4, 0.5) is 0 Å². The Morgan fingerprint density at radius 2 is 1.76 bits per heavy atom. The zero-order valence-corrected chi connectivity index (χ0v) is 15.3. The number of aryl methyl sites for hydroxylation is 1. The van der Waals surface area contributed by atoms with Crippen LogP contribution in [-0.2, 0) is 6.42 Å². The third-order valence-corrected chi connectivity index (χ3v) is 4.49. The minimum Gasteiger partial charge on any atom is -0.508 e. The normalized spacial score (nSPS) is 12.8. The zero-order chi connectivity index (χ0) is 18.3. The predicted octanol–water partition coefficient (Wildman–Crippen LogP) is 3.83. The van der Waals surface area contributed by atoms with Gasteiger partial charge in [0.25, 0.3) is 0 Å². The van der Waals surface area contributed by atoms with Gasteiger partial charge in [0.1, 0.15) is 11.5 Å². The molecule has 0 fully saturated rings. The summed E-state index contributed by atoms with van der Waals surface area (Å²) in [5.41, 5.74) is 1.96. The van der Waals surface area contributed by atoms with Crippen LogP contribution >= 0.6 is 0 Å². The largest absolute Gasteiger partial charge is 0.508 e. The monoisotopic (exact) mass is 343 g/mol. The summed E-state index contributed by atoms with van der Waals surface area (Å²) in [4.78, 5) is 0. The standard InChI is InChI=1S/C21H29NO3/c1-21(2,14-6-8-17-7-4-5-9-20(17)25-3)22-15-19(24)16-10-12-18(23)13-11-16/h4-5,7,9-13,19,22-24H,6,8,14-15H2,1-3H3. The maximum absolute atomic E-state index is 10.3. The van der Waals surface area contributed by atoms with Crippen LogP contribution in [0.15, 0.2) is 48.5 Å². The molecule has 2 aromatic rings. The Morgan fingerprint density at radius 3 is 2.44 bits per heavy atom. The first-order valence-electron chi connectivity index (χ1n) is 8.75. The quantitative estimate of drug-likeness (QED) is 0.648. The second-order valence-corrected chi connectivity index (χ2v) is 7.04. The molecule has 0 heterocycles. The van der Waals surface area contributed by atoms with Gasteiger partial charge >= 0.3 is 0 Å². The van der Waals surface area contributed by atoms with Gasteiger partial charge in [-0.25, -0.2) is 0 Å².